The number of aliphatic carboxylic acids is 1. The van der Waals surface area contributed by atoms with Crippen LogP contribution < -0.4 is 0 Å². The van der Waals surface area contributed by atoms with Gasteiger partial charge in [0, 0.05) is 6.04 Å². The number of carboxylic acid groups (broad SMARTS) is 1. The highest BCUT2D eigenvalue weighted by Gasteiger charge is 2.48. The van der Waals surface area contributed by atoms with E-state index in [2.05, 4.69) is 20.8 Å². The molecule has 1 saturated carbocycles. The van der Waals surface area contributed by atoms with Crippen molar-refractivity contribution in [1.29, 1.82) is 0 Å². The lowest BCUT2D eigenvalue weighted by Gasteiger charge is -2.47. The van der Waals surface area contributed by atoms with Gasteiger partial charge in [0.05, 0.1) is 0 Å². The van der Waals surface area contributed by atoms with E-state index in [1.165, 1.54) is 4.90 Å². The third-order valence-electron chi connectivity index (χ3n) is 4.60. The van der Waals surface area contributed by atoms with Crippen LogP contribution >= 0.6 is 0 Å². The van der Waals surface area contributed by atoms with Gasteiger partial charge in [-0.05, 0) is 50.9 Å². The van der Waals surface area contributed by atoms with Crippen molar-refractivity contribution >= 4 is 12.4 Å². The minimum atomic E-state index is -1.00. The van der Waals surface area contributed by atoms with Crippen molar-refractivity contribution in [2.45, 2.75) is 71.9 Å². The number of carbonyl (C=O) groups excluding carboxylic acids is 1. The summed E-state index contributed by atoms with van der Waals surface area (Å²) in [5, 5.41) is 9.63. The summed E-state index contributed by atoms with van der Waals surface area (Å²) >= 11 is 0. The van der Waals surface area contributed by atoms with Gasteiger partial charge in [-0.25, -0.2) is 4.79 Å². The molecule has 1 fully saturated rings. The molecule has 1 aliphatic carbocycles. The van der Waals surface area contributed by atoms with Gasteiger partial charge in [0.15, 0.2) is 0 Å². The van der Waals surface area contributed by atoms with Gasteiger partial charge in [-0.3, -0.25) is 4.79 Å². The molecule has 0 atom stereocenters. The molecule has 0 aromatic heterocycles. The number of hydrogen-bond donors (Lipinski definition) is 1. The Morgan fingerprint density at radius 3 is 2.05 bits per heavy atom. The van der Waals surface area contributed by atoms with E-state index < -0.39 is 11.5 Å². The molecule has 0 saturated heterocycles. The zero-order chi connectivity index (χ0) is 14.8. The molecule has 110 valence electrons. The molecule has 1 N–H and O–H groups in total. The molecule has 0 unspecified atom stereocenters. The topological polar surface area (TPSA) is 57.6 Å². The Hall–Kier alpha value is -1.06. The van der Waals surface area contributed by atoms with Crippen molar-refractivity contribution in [3.63, 3.8) is 0 Å². The van der Waals surface area contributed by atoms with Crippen molar-refractivity contribution in [3.8, 4) is 0 Å². The Labute approximate surface area is 116 Å². The largest absolute Gasteiger partial charge is 0.479 e. The van der Waals surface area contributed by atoms with Crippen LogP contribution in [0.25, 0.3) is 0 Å². The normalized spacial score (nSPS) is 28.2. The SMILES string of the molecule is CC(C)N(C=O)C1(C(=O)O)CCC(C(C)(C)C)CC1. The van der Waals surface area contributed by atoms with Crippen LogP contribution in [0.15, 0.2) is 0 Å². The molecule has 1 amide bonds. The highest BCUT2D eigenvalue weighted by molar-refractivity contribution is 5.81. The van der Waals surface area contributed by atoms with E-state index in [1.807, 2.05) is 13.8 Å². The first kappa shape index (κ1) is 16.0. The van der Waals surface area contributed by atoms with Gasteiger partial charge in [-0.1, -0.05) is 20.8 Å². The maximum atomic E-state index is 11.7. The molecule has 0 spiro atoms. The van der Waals surface area contributed by atoms with Crippen LogP contribution in [0.2, 0.25) is 0 Å². The van der Waals surface area contributed by atoms with E-state index in [1.54, 1.807) is 0 Å². The molecule has 19 heavy (non-hydrogen) atoms. The third-order valence-corrected chi connectivity index (χ3v) is 4.60. The van der Waals surface area contributed by atoms with E-state index in [4.69, 9.17) is 0 Å². The number of carboxylic acids is 1. The lowest BCUT2D eigenvalue weighted by atomic mass is 9.66. The molecule has 0 bridgehead atoms. The van der Waals surface area contributed by atoms with E-state index in [9.17, 15) is 14.7 Å². The predicted octanol–water partition coefficient (Wildman–Crippen LogP) is 2.91. The average Bonchev–Trinajstić information content (AvgIpc) is 2.28. The molecule has 0 radical (unpaired) electrons. The Morgan fingerprint density at radius 1 is 1.32 bits per heavy atom. The molecule has 4 heteroatoms. The van der Waals surface area contributed by atoms with Gasteiger partial charge in [0.1, 0.15) is 5.54 Å². The maximum Gasteiger partial charge on any atom is 0.329 e. The zero-order valence-electron chi connectivity index (χ0n) is 12.8. The molecule has 0 aromatic carbocycles. The summed E-state index contributed by atoms with van der Waals surface area (Å²) in [5.74, 6) is -0.332. The third kappa shape index (κ3) is 3.10. The second-order valence-electron chi connectivity index (χ2n) is 7.08. The van der Waals surface area contributed by atoms with Crippen molar-refractivity contribution in [2.75, 3.05) is 0 Å². The Morgan fingerprint density at radius 2 is 1.79 bits per heavy atom. The van der Waals surface area contributed by atoms with Crippen LogP contribution in [0, 0.1) is 11.3 Å². The second kappa shape index (κ2) is 5.51. The summed E-state index contributed by atoms with van der Waals surface area (Å²) in [4.78, 5) is 24.5. The number of nitrogens with zero attached hydrogens (tertiary/aromatic N) is 1. The summed E-state index contributed by atoms with van der Waals surface area (Å²) in [7, 11) is 0. The summed E-state index contributed by atoms with van der Waals surface area (Å²) in [6.45, 7) is 10.3. The predicted molar refractivity (Wildman–Crippen MR) is 74.8 cm³/mol. The first-order chi connectivity index (χ1) is 8.65. The summed E-state index contributed by atoms with van der Waals surface area (Å²) in [6.07, 6.45) is 3.55. The Bertz CT molecular complexity index is 336. The Balaban J connectivity index is 2.95. The minimum absolute atomic E-state index is 0.0835. The maximum absolute atomic E-state index is 11.7. The van der Waals surface area contributed by atoms with Gasteiger partial charge in [0.2, 0.25) is 6.41 Å². The Kier molecular flexibility index (Phi) is 4.64. The van der Waals surface area contributed by atoms with Crippen LogP contribution in [-0.4, -0.2) is 34.0 Å². The molecule has 4 nitrogen and oxygen atoms in total. The monoisotopic (exact) mass is 269 g/mol. The van der Waals surface area contributed by atoms with Crippen molar-refractivity contribution in [1.82, 2.24) is 4.90 Å². The van der Waals surface area contributed by atoms with Crippen LogP contribution in [0.5, 0.6) is 0 Å². The van der Waals surface area contributed by atoms with Crippen LogP contribution in [0.4, 0.5) is 0 Å². The van der Waals surface area contributed by atoms with Crippen molar-refractivity contribution in [2.24, 2.45) is 11.3 Å². The lowest BCUT2D eigenvalue weighted by molar-refractivity contribution is -0.161. The zero-order valence-corrected chi connectivity index (χ0v) is 12.8. The van der Waals surface area contributed by atoms with Crippen molar-refractivity contribution < 1.29 is 14.7 Å². The van der Waals surface area contributed by atoms with Crippen LogP contribution in [0.1, 0.15) is 60.3 Å². The molecular weight excluding hydrogens is 242 g/mol. The lowest BCUT2D eigenvalue weighted by Crippen LogP contribution is -2.58. The standard InChI is InChI=1S/C15H27NO3/c1-11(2)16(10-17)15(13(18)19)8-6-12(7-9-15)14(3,4)5/h10-12H,6-9H2,1-5H3,(H,18,19). The van der Waals surface area contributed by atoms with Crippen molar-refractivity contribution in [3.05, 3.63) is 0 Å². The number of amides is 1. The summed E-state index contributed by atoms with van der Waals surface area (Å²) in [5.41, 5.74) is -0.799. The fourth-order valence-electron chi connectivity index (χ4n) is 3.26. The molecule has 1 aliphatic rings. The first-order valence-corrected chi connectivity index (χ1v) is 7.12. The van der Waals surface area contributed by atoms with Gasteiger partial charge < -0.3 is 10.0 Å². The summed E-state index contributed by atoms with van der Waals surface area (Å²) < 4.78 is 0. The van der Waals surface area contributed by atoms with Crippen LogP contribution in [-0.2, 0) is 9.59 Å². The average molecular weight is 269 g/mol. The molecule has 0 aromatic rings. The highest BCUT2D eigenvalue weighted by Crippen LogP contribution is 2.44. The minimum Gasteiger partial charge on any atom is -0.479 e. The van der Waals surface area contributed by atoms with E-state index in [0.717, 1.165) is 12.8 Å². The highest BCUT2D eigenvalue weighted by atomic mass is 16.4. The van der Waals surface area contributed by atoms with E-state index in [-0.39, 0.29) is 11.5 Å². The fraction of sp³-hybridized carbons (Fsp3) is 0.867. The van der Waals surface area contributed by atoms with Gasteiger partial charge in [-0.15, -0.1) is 0 Å². The fourth-order valence-corrected chi connectivity index (χ4v) is 3.26. The number of carbonyl (C=O) groups is 2. The molecular formula is C15H27NO3. The van der Waals surface area contributed by atoms with Crippen LogP contribution in [0.3, 0.4) is 0 Å². The quantitative estimate of drug-likeness (QED) is 0.798. The smallest absolute Gasteiger partial charge is 0.329 e. The van der Waals surface area contributed by atoms with Gasteiger partial charge in [-0.2, -0.15) is 0 Å². The van der Waals surface area contributed by atoms with E-state index in [0.29, 0.717) is 25.2 Å². The van der Waals surface area contributed by atoms with Gasteiger partial charge in [0.25, 0.3) is 0 Å². The number of rotatable bonds is 4. The molecule has 1 rings (SSSR count). The molecule has 0 heterocycles. The molecule has 0 aliphatic heterocycles. The first-order valence-electron chi connectivity index (χ1n) is 7.12. The second-order valence-corrected chi connectivity index (χ2v) is 7.08. The van der Waals surface area contributed by atoms with E-state index >= 15 is 0 Å². The van der Waals surface area contributed by atoms with Gasteiger partial charge >= 0.3 is 5.97 Å². The number of hydrogen-bond acceptors (Lipinski definition) is 2. The summed E-state index contributed by atoms with van der Waals surface area (Å²) in [6, 6.07) is -0.0835.